The fourth-order valence-electron chi connectivity index (χ4n) is 8.03. The van der Waals surface area contributed by atoms with Crippen LogP contribution < -0.4 is 0 Å². The molecule has 5 rings (SSSR count). The Morgan fingerprint density at radius 3 is 2.53 bits per heavy atom. The first-order valence-electron chi connectivity index (χ1n) is 12.3. The van der Waals surface area contributed by atoms with Crippen molar-refractivity contribution in [1.82, 2.24) is 4.57 Å². The fraction of sp³-hybridized carbons (Fsp3) is 0.667. The lowest BCUT2D eigenvalue weighted by Crippen LogP contribution is -2.66. The molecule has 0 amide bonds. The van der Waals surface area contributed by atoms with E-state index >= 15 is 0 Å². The van der Waals surface area contributed by atoms with Gasteiger partial charge in [-0.05, 0) is 66.2 Å². The molecule has 1 aromatic heterocycles. The number of hydrogen-bond donors (Lipinski definition) is 4. The molecule has 186 valence electrons. The number of ether oxygens (including phenoxy) is 1. The van der Waals surface area contributed by atoms with Crippen LogP contribution in [0.3, 0.4) is 0 Å². The first kappa shape index (κ1) is 23.8. The van der Waals surface area contributed by atoms with Crippen molar-refractivity contribution in [2.24, 2.45) is 41.5 Å². The molecule has 2 fully saturated rings. The van der Waals surface area contributed by atoms with Gasteiger partial charge in [-0.2, -0.15) is 0 Å². The highest BCUT2D eigenvalue weighted by molar-refractivity contribution is 5.89. The van der Waals surface area contributed by atoms with Crippen LogP contribution in [0, 0.1) is 41.4 Å². The molecule has 34 heavy (non-hydrogen) atoms. The minimum Gasteiger partial charge on any atom is -0.450 e. The second kappa shape index (κ2) is 7.29. The van der Waals surface area contributed by atoms with Crippen LogP contribution in [-0.4, -0.2) is 61.5 Å². The van der Waals surface area contributed by atoms with E-state index in [1.807, 2.05) is 26.0 Å². The number of carbonyl (C=O) groups excluding carboxylic acids is 1. The van der Waals surface area contributed by atoms with Gasteiger partial charge in [0.15, 0.2) is 6.10 Å². The van der Waals surface area contributed by atoms with Crippen LogP contribution in [0.5, 0.6) is 0 Å². The lowest BCUT2D eigenvalue weighted by atomic mass is 9.58. The third-order valence-electron chi connectivity index (χ3n) is 9.85. The number of esters is 1. The normalized spacial score (nSPS) is 44.2. The largest absolute Gasteiger partial charge is 0.450 e. The average Bonchev–Trinajstić information content (AvgIpc) is 3.05. The van der Waals surface area contributed by atoms with E-state index < -0.39 is 41.9 Å². The Bertz CT molecular complexity index is 1080. The van der Waals surface area contributed by atoms with Crippen LogP contribution in [0.2, 0.25) is 0 Å². The lowest BCUT2D eigenvalue weighted by Gasteiger charge is -2.52. The number of nitrogens with zero attached hydrogens (tertiary/aromatic N) is 1. The quantitative estimate of drug-likeness (QED) is 0.397. The zero-order valence-electron chi connectivity index (χ0n) is 20.8. The molecule has 1 aromatic rings. The van der Waals surface area contributed by atoms with E-state index in [0.717, 1.165) is 12.0 Å². The van der Waals surface area contributed by atoms with Crippen LogP contribution in [0.1, 0.15) is 50.2 Å². The van der Waals surface area contributed by atoms with Gasteiger partial charge in [0.1, 0.15) is 17.4 Å². The number of fused-ring (bicyclic) bond motifs is 3. The molecule has 4 N–H and O–H groups in total. The molecule has 0 aromatic carbocycles. The standard InChI is InChI=1S/C27H37NO6/c1-13-7-8-28(6)20(13)24(32)34-23-14(2)11-26-15(3)9-18-19(25(18,4)5)17(22(26)31)10-16(12-29)21(30)27(23,26)33/h7-8,10-11,15,17-19,21-23,29-31,33H,9,12H2,1-6H3/t15-,17+,18-,19+,21-,22?,23+,26+,27+/m1/s1. The highest BCUT2D eigenvalue weighted by atomic mass is 16.6. The van der Waals surface area contributed by atoms with E-state index in [4.69, 9.17) is 4.74 Å². The van der Waals surface area contributed by atoms with E-state index in [1.165, 1.54) is 0 Å². The van der Waals surface area contributed by atoms with E-state index in [0.29, 0.717) is 17.2 Å². The topological polar surface area (TPSA) is 112 Å². The van der Waals surface area contributed by atoms with Crippen LogP contribution in [0.4, 0.5) is 0 Å². The van der Waals surface area contributed by atoms with Gasteiger partial charge >= 0.3 is 5.97 Å². The molecule has 0 saturated heterocycles. The number of aliphatic hydroxyl groups excluding tert-OH is 3. The minimum absolute atomic E-state index is 0.0271. The molecular weight excluding hydrogens is 434 g/mol. The highest BCUT2D eigenvalue weighted by Crippen LogP contribution is 2.72. The maximum Gasteiger partial charge on any atom is 0.355 e. The van der Waals surface area contributed by atoms with Crippen LogP contribution in [0.25, 0.3) is 0 Å². The molecule has 4 aliphatic rings. The first-order chi connectivity index (χ1) is 15.8. The van der Waals surface area contributed by atoms with Crippen LogP contribution in [-0.2, 0) is 11.8 Å². The van der Waals surface area contributed by atoms with Crippen molar-refractivity contribution in [3.05, 3.63) is 46.8 Å². The summed E-state index contributed by atoms with van der Waals surface area (Å²) in [7, 11) is 1.75. The summed E-state index contributed by atoms with van der Waals surface area (Å²) in [5.41, 5.74) is -1.24. The number of hydrogen-bond acceptors (Lipinski definition) is 6. The minimum atomic E-state index is -2.02. The SMILES string of the molecule is CC1=C[C@]23C(O)[C@@H](C=C(CO)[C@@H](O)[C@]2(O)[C@H]1OC(=O)c1c(C)ccn1C)[C@H]1[C@@H](C[C@H]3C)C1(C)C. The molecule has 1 heterocycles. The van der Waals surface area contributed by atoms with Crippen molar-refractivity contribution < 1.29 is 30.0 Å². The number of aryl methyl sites for hydroxylation is 2. The van der Waals surface area contributed by atoms with Crippen LogP contribution >= 0.6 is 0 Å². The number of rotatable bonds is 3. The Morgan fingerprint density at radius 1 is 1.26 bits per heavy atom. The molecule has 1 unspecified atom stereocenters. The van der Waals surface area contributed by atoms with Gasteiger partial charge in [-0.25, -0.2) is 4.79 Å². The van der Waals surface area contributed by atoms with Crippen molar-refractivity contribution in [1.29, 1.82) is 0 Å². The van der Waals surface area contributed by atoms with E-state index in [9.17, 15) is 25.2 Å². The smallest absolute Gasteiger partial charge is 0.355 e. The second-order valence-electron chi connectivity index (χ2n) is 11.8. The Labute approximate surface area is 200 Å². The molecule has 4 aliphatic carbocycles. The summed E-state index contributed by atoms with van der Waals surface area (Å²) in [4.78, 5) is 13.3. The van der Waals surface area contributed by atoms with Gasteiger partial charge in [0.05, 0.1) is 18.1 Å². The number of aromatic nitrogens is 1. The lowest BCUT2D eigenvalue weighted by molar-refractivity contribution is -0.215. The average molecular weight is 472 g/mol. The maximum atomic E-state index is 13.3. The molecule has 0 radical (unpaired) electrons. The fourth-order valence-corrected chi connectivity index (χ4v) is 8.03. The zero-order valence-corrected chi connectivity index (χ0v) is 20.8. The van der Waals surface area contributed by atoms with Gasteiger partial charge in [-0.15, -0.1) is 0 Å². The van der Waals surface area contributed by atoms with Crippen LogP contribution in [0.15, 0.2) is 35.6 Å². The summed E-state index contributed by atoms with van der Waals surface area (Å²) in [5, 5.41) is 46.2. The van der Waals surface area contributed by atoms with Crippen molar-refractivity contribution in [3.63, 3.8) is 0 Å². The predicted molar refractivity (Wildman–Crippen MR) is 126 cm³/mol. The summed E-state index contributed by atoms with van der Waals surface area (Å²) >= 11 is 0. The van der Waals surface area contributed by atoms with Gasteiger partial charge in [0.2, 0.25) is 0 Å². The third-order valence-corrected chi connectivity index (χ3v) is 9.85. The van der Waals surface area contributed by atoms with E-state index in [2.05, 4.69) is 13.8 Å². The van der Waals surface area contributed by atoms with E-state index in [1.54, 1.807) is 30.8 Å². The Hall–Kier alpha value is -1.93. The monoisotopic (exact) mass is 471 g/mol. The van der Waals surface area contributed by atoms with Gasteiger partial charge in [-0.1, -0.05) is 32.9 Å². The molecule has 2 saturated carbocycles. The van der Waals surface area contributed by atoms with Gasteiger partial charge in [0.25, 0.3) is 0 Å². The van der Waals surface area contributed by atoms with Gasteiger partial charge < -0.3 is 29.7 Å². The molecule has 1 spiro atoms. The summed E-state index contributed by atoms with van der Waals surface area (Å²) in [6.07, 6.45) is 2.50. The Kier molecular flexibility index (Phi) is 5.10. The summed E-state index contributed by atoms with van der Waals surface area (Å²) in [6, 6.07) is 1.81. The first-order valence-corrected chi connectivity index (χ1v) is 12.3. The van der Waals surface area contributed by atoms with Gasteiger partial charge in [0, 0.05) is 19.2 Å². The Morgan fingerprint density at radius 2 is 1.94 bits per heavy atom. The summed E-state index contributed by atoms with van der Waals surface area (Å²) in [6.45, 7) is 9.54. The zero-order chi connectivity index (χ0) is 25.0. The van der Waals surface area contributed by atoms with Gasteiger partial charge in [-0.3, -0.25) is 0 Å². The van der Waals surface area contributed by atoms with Crippen molar-refractivity contribution >= 4 is 5.97 Å². The second-order valence-corrected chi connectivity index (χ2v) is 11.8. The Balaban J connectivity index is 1.65. The summed E-state index contributed by atoms with van der Waals surface area (Å²) in [5.74, 6) is -0.580. The molecule has 2 bridgehead atoms. The summed E-state index contributed by atoms with van der Waals surface area (Å²) < 4.78 is 7.64. The maximum absolute atomic E-state index is 13.3. The van der Waals surface area contributed by atoms with Crippen molar-refractivity contribution in [2.75, 3.05) is 6.61 Å². The molecular formula is C27H37NO6. The number of aliphatic hydroxyl groups is 4. The van der Waals surface area contributed by atoms with E-state index in [-0.39, 0.29) is 28.7 Å². The molecule has 7 nitrogen and oxygen atoms in total. The number of carbonyl (C=O) groups is 1. The van der Waals surface area contributed by atoms with Crippen molar-refractivity contribution in [3.8, 4) is 0 Å². The third kappa shape index (κ3) is 2.70. The molecule has 0 aliphatic heterocycles. The van der Waals surface area contributed by atoms with Crippen molar-refractivity contribution in [2.45, 2.75) is 65.0 Å². The molecule has 9 atom stereocenters. The highest BCUT2D eigenvalue weighted by Gasteiger charge is 2.76. The molecule has 7 heteroatoms. The predicted octanol–water partition coefficient (Wildman–Crippen LogP) is 2.12.